The van der Waals surface area contributed by atoms with Crippen LogP contribution in [0.1, 0.15) is 13.8 Å². The van der Waals surface area contributed by atoms with Gasteiger partial charge in [0.15, 0.2) is 5.75 Å². The van der Waals surface area contributed by atoms with Crippen molar-refractivity contribution >= 4 is 23.8 Å². The minimum absolute atomic E-state index is 0.0812. The number of aliphatic carboxylic acids is 1. The van der Waals surface area contributed by atoms with Crippen LogP contribution in [0.2, 0.25) is 5.02 Å². The average Bonchev–Trinajstić information content (AvgIpc) is 2.84. The molecule has 18 heavy (non-hydrogen) atoms. The number of carboxylic acids is 1. The molecule has 4 nitrogen and oxygen atoms in total. The van der Waals surface area contributed by atoms with Gasteiger partial charge >= 0.3 is 5.97 Å². The molecule has 0 aromatic heterocycles. The summed E-state index contributed by atoms with van der Waals surface area (Å²) in [6.07, 6.45) is 1.56. The number of carboxylic acid groups (broad SMARTS) is 1. The molecule has 0 aliphatic heterocycles. The summed E-state index contributed by atoms with van der Waals surface area (Å²) in [6, 6.07) is 6.81. The lowest BCUT2D eigenvalue weighted by Crippen LogP contribution is -2.03. The van der Waals surface area contributed by atoms with Gasteiger partial charge in [-0.1, -0.05) is 30.6 Å². The fraction of sp³-hybridized carbons (Fsp3) is 0.385. The van der Waals surface area contributed by atoms with Crippen molar-refractivity contribution in [1.82, 2.24) is 0 Å². The molecule has 1 aromatic carbocycles. The van der Waals surface area contributed by atoms with E-state index in [0.29, 0.717) is 10.8 Å². The maximum absolute atomic E-state index is 10.9. The SMILES string of the molecule is CC1(C)C(/C=N/Oc2ccc(Cl)cc2)[C@H]1C(=O)O. The first-order chi connectivity index (χ1) is 8.43. The molecule has 96 valence electrons. The average molecular weight is 268 g/mol. The predicted octanol–water partition coefficient (Wildman–Crippen LogP) is 3.06. The van der Waals surface area contributed by atoms with Crippen LogP contribution >= 0.6 is 11.6 Å². The van der Waals surface area contributed by atoms with Crippen LogP contribution in [0.15, 0.2) is 29.4 Å². The second-order valence-electron chi connectivity index (χ2n) is 4.96. The van der Waals surface area contributed by atoms with E-state index in [2.05, 4.69) is 5.16 Å². The van der Waals surface area contributed by atoms with E-state index < -0.39 is 5.97 Å². The second-order valence-corrected chi connectivity index (χ2v) is 5.40. The van der Waals surface area contributed by atoms with Gasteiger partial charge in [-0.2, -0.15) is 0 Å². The number of halogens is 1. The minimum atomic E-state index is -0.789. The lowest BCUT2D eigenvalue weighted by molar-refractivity contribution is -0.139. The van der Waals surface area contributed by atoms with Gasteiger partial charge in [-0.3, -0.25) is 4.79 Å². The van der Waals surface area contributed by atoms with Crippen molar-refractivity contribution in [3.63, 3.8) is 0 Å². The maximum atomic E-state index is 10.9. The molecular formula is C13H14ClNO3. The Bertz CT molecular complexity index is 482. The summed E-state index contributed by atoms with van der Waals surface area (Å²) in [6.45, 7) is 3.82. The molecule has 1 unspecified atom stereocenters. The zero-order chi connectivity index (χ0) is 13.3. The molecular weight excluding hydrogens is 254 g/mol. The molecule has 1 fully saturated rings. The van der Waals surface area contributed by atoms with Crippen molar-refractivity contribution in [3.8, 4) is 5.75 Å². The van der Waals surface area contributed by atoms with Crippen molar-refractivity contribution < 1.29 is 14.7 Å². The fourth-order valence-corrected chi connectivity index (χ4v) is 2.21. The van der Waals surface area contributed by atoms with Crippen molar-refractivity contribution in [3.05, 3.63) is 29.3 Å². The molecule has 1 saturated carbocycles. The summed E-state index contributed by atoms with van der Waals surface area (Å²) in [5.74, 6) is -0.679. The highest BCUT2D eigenvalue weighted by Crippen LogP contribution is 2.57. The van der Waals surface area contributed by atoms with Crippen LogP contribution in [0.25, 0.3) is 0 Å². The Kier molecular flexibility index (Phi) is 3.30. The number of oxime groups is 1. The lowest BCUT2D eigenvalue weighted by atomic mass is 10.1. The van der Waals surface area contributed by atoms with Gasteiger partial charge in [0.1, 0.15) is 0 Å². The Morgan fingerprint density at radius 3 is 2.56 bits per heavy atom. The number of nitrogens with zero attached hydrogens (tertiary/aromatic N) is 1. The Balaban J connectivity index is 1.93. The van der Waals surface area contributed by atoms with Gasteiger partial charge in [0.25, 0.3) is 0 Å². The van der Waals surface area contributed by atoms with Gasteiger partial charge in [-0.15, -0.1) is 0 Å². The monoisotopic (exact) mass is 267 g/mol. The van der Waals surface area contributed by atoms with Crippen LogP contribution in [0, 0.1) is 17.3 Å². The lowest BCUT2D eigenvalue weighted by Gasteiger charge is -1.98. The third-order valence-corrected chi connectivity index (χ3v) is 3.62. The molecule has 0 spiro atoms. The normalized spacial score (nSPS) is 25.1. The van der Waals surface area contributed by atoms with E-state index in [-0.39, 0.29) is 17.3 Å². The van der Waals surface area contributed by atoms with Crippen LogP contribution in [-0.4, -0.2) is 17.3 Å². The summed E-state index contributed by atoms with van der Waals surface area (Å²) < 4.78 is 0. The Hall–Kier alpha value is -1.55. The molecule has 5 heteroatoms. The first kappa shape index (κ1) is 12.9. The van der Waals surface area contributed by atoms with Crippen molar-refractivity contribution in [2.45, 2.75) is 13.8 Å². The van der Waals surface area contributed by atoms with E-state index in [1.54, 1.807) is 30.5 Å². The first-order valence-electron chi connectivity index (χ1n) is 5.62. The van der Waals surface area contributed by atoms with Crippen LogP contribution in [0.5, 0.6) is 5.75 Å². The van der Waals surface area contributed by atoms with Crippen LogP contribution in [-0.2, 0) is 4.79 Å². The van der Waals surface area contributed by atoms with E-state index in [1.165, 1.54) is 0 Å². The first-order valence-corrected chi connectivity index (χ1v) is 5.99. The molecule has 2 rings (SSSR count). The Morgan fingerprint density at radius 1 is 1.44 bits per heavy atom. The third-order valence-electron chi connectivity index (χ3n) is 3.37. The van der Waals surface area contributed by atoms with Gasteiger partial charge < -0.3 is 9.94 Å². The van der Waals surface area contributed by atoms with E-state index in [4.69, 9.17) is 21.5 Å². The smallest absolute Gasteiger partial charge is 0.307 e. The van der Waals surface area contributed by atoms with E-state index in [1.807, 2.05) is 13.8 Å². The summed E-state index contributed by atoms with van der Waals surface area (Å²) in [5.41, 5.74) is -0.251. The summed E-state index contributed by atoms with van der Waals surface area (Å²) in [4.78, 5) is 16.1. The predicted molar refractivity (Wildman–Crippen MR) is 69.0 cm³/mol. The number of hydrogen-bond donors (Lipinski definition) is 1. The van der Waals surface area contributed by atoms with E-state index in [0.717, 1.165) is 0 Å². The summed E-state index contributed by atoms with van der Waals surface area (Å²) in [7, 11) is 0. The van der Waals surface area contributed by atoms with Gasteiger partial charge in [0.2, 0.25) is 0 Å². The van der Waals surface area contributed by atoms with Gasteiger partial charge in [-0.25, -0.2) is 0 Å². The second kappa shape index (κ2) is 4.61. The summed E-state index contributed by atoms with van der Waals surface area (Å²) in [5, 5.41) is 13.4. The Labute approximate surface area is 110 Å². The number of hydrogen-bond acceptors (Lipinski definition) is 3. The Morgan fingerprint density at radius 2 is 2.06 bits per heavy atom. The molecule has 0 amide bonds. The highest BCUT2D eigenvalue weighted by molar-refractivity contribution is 6.30. The van der Waals surface area contributed by atoms with Crippen molar-refractivity contribution in [2.75, 3.05) is 0 Å². The minimum Gasteiger partial charge on any atom is -0.481 e. The topological polar surface area (TPSA) is 58.9 Å². The molecule has 0 saturated heterocycles. The van der Waals surface area contributed by atoms with Gasteiger partial charge in [0.05, 0.1) is 5.92 Å². The third kappa shape index (κ3) is 2.48. The number of benzene rings is 1. The van der Waals surface area contributed by atoms with Gasteiger partial charge in [-0.05, 0) is 29.7 Å². The van der Waals surface area contributed by atoms with Crippen LogP contribution < -0.4 is 4.84 Å². The molecule has 1 N–H and O–H groups in total. The maximum Gasteiger partial charge on any atom is 0.307 e. The zero-order valence-electron chi connectivity index (χ0n) is 10.1. The zero-order valence-corrected chi connectivity index (χ0v) is 10.9. The molecule has 0 heterocycles. The highest BCUT2D eigenvalue weighted by atomic mass is 35.5. The molecule has 0 bridgehead atoms. The number of carbonyl (C=O) groups is 1. The van der Waals surface area contributed by atoms with Crippen LogP contribution in [0.4, 0.5) is 0 Å². The highest BCUT2D eigenvalue weighted by Gasteiger charge is 2.61. The number of rotatable bonds is 4. The molecule has 2 atom stereocenters. The molecule has 1 aromatic rings. The van der Waals surface area contributed by atoms with Crippen molar-refractivity contribution in [2.24, 2.45) is 22.4 Å². The van der Waals surface area contributed by atoms with Gasteiger partial charge in [0, 0.05) is 17.2 Å². The fourth-order valence-electron chi connectivity index (χ4n) is 2.08. The quantitative estimate of drug-likeness (QED) is 0.674. The van der Waals surface area contributed by atoms with E-state index >= 15 is 0 Å². The molecule has 1 aliphatic rings. The largest absolute Gasteiger partial charge is 0.481 e. The standard InChI is InChI=1S/C13H14ClNO3/c1-13(2)10(11(13)12(16)17)7-15-18-9-5-3-8(14)4-6-9/h3-7,10-11H,1-2H3,(H,16,17)/b15-7+/t10?,11-/m0/s1. The van der Waals surface area contributed by atoms with Crippen LogP contribution in [0.3, 0.4) is 0 Å². The summed E-state index contributed by atoms with van der Waals surface area (Å²) >= 11 is 5.74. The molecule has 0 radical (unpaired) electrons. The molecule has 1 aliphatic carbocycles. The van der Waals surface area contributed by atoms with E-state index in [9.17, 15) is 4.79 Å². The van der Waals surface area contributed by atoms with Crippen molar-refractivity contribution in [1.29, 1.82) is 0 Å².